The van der Waals surface area contributed by atoms with E-state index in [1.165, 1.54) is 0 Å². The molecule has 1 aliphatic heterocycles. The molecule has 0 radical (unpaired) electrons. The Labute approximate surface area is 106 Å². The Morgan fingerprint density at radius 3 is 2.78 bits per heavy atom. The number of carbonyl (C=O) groups is 2. The lowest BCUT2D eigenvalue weighted by molar-refractivity contribution is -0.312. The maximum absolute atomic E-state index is 11.8. The Morgan fingerprint density at radius 2 is 2.22 bits per heavy atom. The first-order chi connectivity index (χ1) is 8.54. The van der Waals surface area contributed by atoms with Crippen molar-refractivity contribution >= 4 is 11.9 Å². The van der Waals surface area contributed by atoms with Gasteiger partial charge in [-0.25, -0.2) is 0 Å². The number of hydrogen-bond donors (Lipinski definition) is 0. The lowest BCUT2D eigenvalue weighted by Gasteiger charge is -2.28. The molecule has 96 valence electrons. The van der Waals surface area contributed by atoms with Gasteiger partial charge in [-0.1, -0.05) is 29.8 Å². The minimum atomic E-state index is -1.15. The van der Waals surface area contributed by atoms with E-state index in [1.807, 2.05) is 38.1 Å². The largest absolute Gasteiger partial charge is 0.550 e. The second-order valence-corrected chi connectivity index (χ2v) is 4.67. The molecule has 1 saturated heterocycles. The molecule has 1 aliphatic rings. The van der Waals surface area contributed by atoms with Crippen molar-refractivity contribution in [3.63, 3.8) is 0 Å². The fourth-order valence-electron chi connectivity index (χ4n) is 2.64. The Hall–Kier alpha value is -1.84. The summed E-state index contributed by atoms with van der Waals surface area (Å²) in [7, 11) is 0. The molecule has 2 atom stereocenters. The molecule has 1 amide bonds. The molecule has 0 bridgehead atoms. The SMILES string of the molecule is CCN1C(=O)C[C@H](C(=O)[O-])[C@@H]1c1cccc(C)c1. The molecular formula is C14H16NO3-. The van der Waals surface area contributed by atoms with Crippen molar-refractivity contribution in [1.29, 1.82) is 0 Å². The number of aryl methyl sites for hydroxylation is 1. The molecule has 0 aliphatic carbocycles. The van der Waals surface area contributed by atoms with E-state index in [9.17, 15) is 14.7 Å². The summed E-state index contributed by atoms with van der Waals surface area (Å²) in [6, 6.07) is 7.24. The number of rotatable bonds is 3. The van der Waals surface area contributed by atoms with Gasteiger partial charge in [0.25, 0.3) is 0 Å². The monoisotopic (exact) mass is 246 g/mol. The van der Waals surface area contributed by atoms with Crippen molar-refractivity contribution in [3.8, 4) is 0 Å². The lowest BCUT2D eigenvalue weighted by atomic mass is 9.93. The van der Waals surface area contributed by atoms with Gasteiger partial charge in [0.2, 0.25) is 5.91 Å². The summed E-state index contributed by atoms with van der Waals surface area (Å²) in [5.74, 6) is -2.01. The van der Waals surface area contributed by atoms with Crippen molar-refractivity contribution in [3.05, 3.63) is 35.4 Å². The molecule has 0 aromatic heterocycles. The average Bonchev–Trinajstić information content (AvgIpc) is 2.66. The van der Waals surface area contributed by atoms with E-state index >= 15 is 0 Å². The summed E-state index contributed by atoms with van der Waals surface area (Å²) >= 11 is 0. The molecule has 1 aromatic rings. The van der Waals surface area contributed by atoms with Crippen molar-refractivity contribution in [1.82, 2.24) is 4.90 Å². The molecule has 1 heterocycles. The Balaban J connectivity index is 2.42. The summed E-state index contributed by atoms with van der Waals surface area (Å²) in [4.78, 5) is 24.6. The number of carbonyl (C=O) groups excluding carboxylic acids is 2. The van der Waals surface area contributed by atoms with E-state index < -0.39 is 17.9 Å². The van der Waals surface area contributed by atoms with E-state index in [0.29, 0.717) is 6.54 Å². The predicted molar refractivity (Wildman–Crippen MR) is 64.4 cm³/mol. The maximum Gasteiger partial charge on any atom is 0.223 e. The van der Waals surface area contributed by atoms with Gasteiger partial charge in [-0.2, -0.15) is 0 Å². The average molecular weight is 246 g/mol. The van der Waals surface area contributed by atoms with Crippen LogP contribution in [-0.2, 0) is 9.59 Å². The smallest absolute Gasteiger partial charge is 0.223 e. The Bertz CT molecular complexity index is 484. The van der Waals surface area contributed by atoms with Crippen LogP contribution in [0.5, 0.6) is 0 Å². The second kappa shape index (κ2) is 4.80. The third-order valence-electron chi connectivity index (χ3n) is 3.46. The molecule has 1 fully saturated rings. The van der Waals surface area contributed by atoms with Crippen molar-refractivity contribution in [2.75, 3.05) is 6.54 Å². The normalized spacial score (nSPS) is 23.4. The van der Waals surface area contributed by atoms with Gasteiger partial charge in [-0.3, -0.25) is 4.79 Å². The molecule has 4 nitrogen and oxygen atoms in total. The van der Waals surface area contributed by atoms with Crippen LogP contribution in [0.25, 0.3) is 0 Å². The third-order valence-corrected chi connectivity index (χ3v) is 3.46. The molecule has 0 saturated carbocycles. The van der Waals surface area contributed by atoms with Gasteiger partial charge >= 0.3 is 0 Å². The highest BCUT2D eigenvalue weighted by Gasteiger charge is 2.40. The zero-order valence-corrected chi connectivity index (χ0v) is 10.6. The predicted octanol–water partition coefficient (Wildman–Crippen LogP) is 0.654. The molecular weight excluding hydrogens is 230 g/mol. The first kappa shape index (κ1) is 12.6. The summed E-state index contributed by atoms with van der Waals surface area (Å²) in [6.45, 7) is 4.32. The Kier molecular flexibility index (Phi) is 3.36. The molecule has 4 heteroatoms. The standard InChI is InChI=1S/C14H17NO3/c1-3-15-12(16)8-11(14(17)18)13(15)10-6-4-5-9(2)7-10/h4-7,11,13H,3,8H2,1-2H3,(H,17,18)/p-1/t11-,13-/m0/s1. The van der Waals surface area contributed by atoms with Crippen LogP contribution in [0.3, 0.4) is 0 Å². The number of likely N-dealkylation sites (tertiary alicyclic amines) is 1. The molecule has 0 unspecified atom stereocenters. The lowest BCUT2D eigenvalue weighted by Crippen LogP contribution is -2.36. The van der Waals surface area contributed by atoms with Crippen LogP contribution in [0.2, 0.25) is 0 Å². The van der Waals surface area contributed by atoms with E-state index in [2.05, 4.69) is 0 Å². The zero-order valence-electron chi connectivity index (χ0n) is 10.6. The number of hydrogen-bond acceptors (Lipinski definition) is 3. The van der Waals surface area contributed by atoms with Crippen LogP contribution >= 0.6 is 0 Å². The van der Waals surface area contributed by atoms with E-state index in [1.54, 1.807) is 4.90 Å². The highest BCUT2D eigenvalue weighted by atomic mass is 16.4. The fraction of sp³-hybridized carbons (Fsp3) is 0.429. The first-order valence-corrected chi connectivity index (χ1v) is 6.11. The zero-order chi connectivity index (χ0) is 13.3. The third kappa shape index (κ3) is 2.10. The summed E-state index contributed by atoms with van der Waals surface area (Å²) in [5, 5.41) is 11.2. The number of carboxylic acids is 1. The number of nitrogens with zero attached hydrogens (tertiary/aromatic N) is 1. The second-order valence-electron chi connectivity index (χ2n) is 4.67. The van der Waals surface area contributed by atoms with Gasteiger partial charge in [-0.05, 0) is 19.4 Å². The highest BCUT2D eigenvalue weighted by Crippen LogP contribution is 2.37. The summed E-state index contributed by atoms with van der Waals surface area (Å²) < 4.78 is 0. The van der Waals surface area contributed by atoms with Crippen molar-refractivity contribution in [2.24, 2.45) is 5.92 Å². The van der Waals surface area contributed by atoms with Crippen LogP contribution in [0.1, 0.15) is 30.5 Å². The Morgan fingerprint density at radius 1 is 1.50 bits per heavy atom. The minimum Gasteiger partial charge on any atom is -0.550 e. The van der Waals surface area contributed by atoms with Crippen molar-refractivity contribution in [2.45, 2.75) is 26.3 Å². The molecule has 18 heavy (non-hydrogen) atoms. The van der Waals surface area contributed by atoms with Crippen LogP contribution in [0, 0.1) is 12.8 Å². The topological polar surface area (TPSA) is 60.4 Å². The number of carboxylic acid groups (broad SMARTS) is 1. The van der Waals surface area contributed by atoms with Gasteiger partial charge in [0.1, 0.15) is 0 Å². The van der Waals surface area contributed by atoms with Crippen LogP contribution < -0.4 is 5.11 Å². The number of benzene rings is 1. The van der Waals surface area contributed by atoms with Gasteiger partial charge in [0.15, 0.2) is 0 Å². The van der Waals surface area contributed by atoms with E-state index in [-0.39, 0.29) is 12.3 Å². The maximum atomic E-state index is 11.8. The minimum absolute atomic E-state index is 0.0365. The van der Waals surface area contributed by atoms with Crippen LogP contribution in [-0.4, -0.2) is 23.3 Å². The first-order valence-electron chi connectivity index (χ1n) is 6.11. The number of aliphatic carboxylic acids is 1. The molecule has 0 spiro atoms. The fourth-order valence-corrected chi connectivity index (χ4v) is 2.64. The van der Waals surface area contributed by atoms with Crippen molar-refractivity contribution < 1.29 is 14.7 Å². The summed E-state index contributed by atoms with van der Waals surface area (Å²) in [6.07, 6.45) is 0.0365. The molecule has 0 N–H and O–H groups in total. The number of amides is 1. The quantitative estimate of drug-likeness (QED) is 0.787. The van der Waals surface area contributed by atoms with Crippen LogP contribution in [0.4, 0.5) is 0 Å². The molecule has 2 rings (SSSR count). The van der Waals surface area contributed by atoms with Gasteiger partial charge in [0, 0.05) is 24.9 Å². The van der Waals surface area contributed by atoms with E-state index in [4.69, 9.17) is 0 Å². The van der Waals surface area contributed by atoms with Gasteiger partial charge in [-0.15, -0.1) is 0 Å². The molecule has 1 aromatic carbocycles. The highest BCUT2D eigenvalue weighted by molar-refractivity contribution is 5.86. The van der Waals surface area contributed by atoms with Gasteiger partial charge < -0.3 is 14.8 Å². The van der Waals surface area contributed by atoms with Gasteiger partial charge in [0.05, 0.1) is 6.04 Å². The van der Waals surface area contributed by atoms with Crippen LogP contribution in [0.15, 0.2) is 24.3 Å². The summed E-state index contributed by atoms with van der Waals surface area (Å²) in [5.41, 5.74) is 1.93. The van der Waals surface area contributed by atoms with E-state index in [0.717, 1.165) is 11.1 Å².